The van der Waals surface area contributed by atoms with Gasteiger partial charge in [-0.2, -0.15) is 15.2 Å². The lowest BCUT2D eigenvalue weighted by atomic mass is 10.1. The summed E-state index contributed by atoms with van der Waals surface area (Å²) in [5, 5.41) is 21.6. The quantitative estimate of drug-likeness (QED) is 0.403. The maximum absolute atomic E-state index is 11.9. The van der Waals surface area contributed by atoms with Crippen molar-refractivity contribution in [2.45, 2.75) is 26.4 Å². The third-order valence-electron chi connectivity index (χ3n) is 4.65. The van der Waals surface area contributed by atoms with E-state index in [1.54, 1.807) is 41.6 Å². The van der Waals surface area contributed by atoms with Gasteiger partial charge in [-0.05, 0) is 24.1 Å². The van der Waals surface area contributed by atoms with Gasteiger partial charge in [0.05, 0.1) is 43.2 Å². The third-order valence-corrected chi connectivity index (χ3v) is 4.65. The number of carbonyl (C=O) groups is 1. The highest BCUT2D eigenvalue weighted by atomic mass is 16.3. The number of allylic oxidation sites excluding steroid dienone is 2. The number of nitrogens with zero attached hydrogens (tertiary/aromatic N) is 6. The van der Waals surface area contributed by atoms with Crippen molar-refractivity contribution in [2.24, 2.45) is 0 Å². The van der Waals surface area contributed by atoms with Crippen LogP contribution in [0.3, 0.4) is 0 Å². The number of ketones is 1. The first-order valence-corrected chi connectivity index (χ1v) is 9.97. The molecule has 0 aliphatic rings. The first-order chi connectivity index (χ1) is 15.1. The number of aliphatic hydroxyl groups is 1. The van der Waals surface area contributed by atoms with Crippen LogP contribution in [0.5, 0.6) is 0 Å². The fraction of sp³-hybridized carbons (Fsp3) is 0.227. The minimum Gasteiger partial charge on any atom is -0.394 e. The fourth-order valence-corrected chi connectivity index (χ4v) is 3.28. The molecule has 9 heteroatoms. The smallest absolute Gasteiger partial charge is 0.229 e. The van der Waals surface area contributed by atoms with Gasteiger partial charge in [0.15, 0.2) is 11.4 Å². The topological polar surface area (TPSA) is 111 Å². The van der Waals surface area contributed by atoms with E-state index in [1.165, 1.54) is 0 Å². The molecule has 0 aliphatic heterocycles. The Morgan fingerprint density at radius 1 is 1.19 bits per heavy atom. The molecule has 31 heavy (non-hydrogen) atoms. The van der Waals surface area contributed by atoms with E-state index in [2.05, 4.69) is 25.5 Å². The van der Waals surface area contributed by atoms with Gasteiger partial charge in [-0.1, -0.05) is 30.3 Å². The zero-order valence-corrected chi connectivity index (χ0v) is 17.1. The lowest BCUT2D eigenvalue weighted by Gasteiger charge is -2.07. The number of fused-ring (bicyclic) bond motifs is 1. The number of hydrogen-bond acceptors (Lipinski definition) is 7. The van der Waals surface area contributed by atoms with Gasteiger partial charge < -0.3 is 10.4 Å². The largest absolute Gasteiger partial charge is 0.394 e. The Balaban J connectivity index is 1.53. The summed E-state index contributed by atoms with van der Waals surface area (Å²) in [6.07, 6.45) is 10.6. The molecule has 2 N–H and O–H groups in total. The Bertz CT molecular complexity index is 1230. The van der Waals surface area contributed by atoms with Crippen LogP contribution < -0.4 is 5.32 Å². The van der Waals surface area contributed by atoms with Gasteiger partial charge in [0.1, 0.15) is 0 Å². The highest BCUT2D eigenvalue weighted by Crippen LogP contribution is 2.17. The number of hydrogen-bond donors (Lipinski definition) is 2. The molecule has 0 bridgehead atoms. The SMILES string of the molecule is C/C=C/C(=O)Cc1cccc(Cn2ncc3cnc(Nc4cnn(CCO)c4)nc32)c1. The Labute approximate surface area is 179 Å². The van der Waals surface area contributed by atoms with E-state index in [-0.39, 0.29) is 12.4 Å². The first-order valence-electron chi connectivity index (χ1n) is 9.97. The molecule has 0 radical (unpaired) electrons. The van der Waals surface area contributed by atoms with Crippen LogP contribution in [0.2, 0.25) is 0 Å². The Kier molecular flexibility index (Phi) is 6.13. The van der Waals surface area contributed by atoms with Crippen LogP contribution in [0.25, 0.3) is 11.0 Å². The Hall–Kier alpha value is -3.85. The standard InChI is InChI=1S/C22H23N7O2/c1-2-4-20(31)10-16-5-3-6-17(9-16)14-29-21-18(12-25-29)11-23-22(27-21)26-19-13-24-28(15-19)7-8-30/h2-6,9,11-13,15,30H,7-8,10,14H2,1H3,(H,23,26,27)/b4-2+. The molecule has 0 fully saturated rings. The average Bonchev–Trinajstić information content (AvgIpc) is 3.36. The molecule has 0 spiro atoms. The minimum absolute atomic E-state index is 0.0213. The molecular formula is C22H23N7O2. The van der Waals surface area contributed by atoms with Crippen molar-refractivity contribution >= 4 is 28.5 Å². The van der Waals surface area contributed by atoms with Crippen LogP contribution in [0, 0.1) is 0 Å². The van der Waals surface area contributed by atoms with E-state index < -0.39 is 0 Å². The predicted octanol–water partition coefficient (Wildman–Crippen LogP) is 2.49. The molecule has 158 valence electrons. The summed E-state index contributed by atoms with van der Waals surface area (Å²) in [6.45, 7) is 2.81. The van der Waals surface area contributed by atoms with E-state index in [1.807, 2.05) is 35.9 Å². The van der Waals surface area contributed by atoms with Crippen LogP contribution in [-0.4, -0.2) is 47.0 Å². The number of aliphatic hydroxyl groups excluding tert-OH is 1. The molecule has 0 atom stereocenters. The van der Waals surface area contributed by atoms with Gasteiger partial charge in [-0.25, -0.2) is 9.67 Å². The monoisotopic (exact) mass is 417 g/mol. The van der Waals surface area contributed by atoms with Crippen molar-refractivity contribution in [1.29, 1.82) is 0 Å². The molecule has 0 amide bonds. The number of carbonyl (C=O) groups excluding carboxylic acids is 1. The van der Waals surface area contributed by atoms with E-state index in [4.69, 9.17) is 5.11 Å². The molecule has 4 aromatic rings. The molecule has 0 saturated carbocycles. The van der Waals surface area contributed by atoms with Gasteiger partial charge in [-0.3, -0.25) is 9.48 Å². The maximum Gasteiger partial charge on any atom is 0.229 e. The van der Waals surface area contributed by atoms with E-state index in [0.29, 0.717) is 31.1 Å². The predicted molar refractivity (Wildman–Crippen MR) is 117 cm³/mol. The highest BCUT2D eigenvalue weighted by Gasteiger charge is 2.09. The van der Waals surface area contributed by atoms with Crippen molar-refractivity contribution in [1.82, 2.24) is 29.5 Å². The van der Waals surface area contributed by atoms with Crippen LogP contribution in [-0.2, 0) is 24.3 Å². The molecule has 3 heterocycles. The zero-order valence-electron chi connectivity index (χ0n) is 17.1. The van der Waals surface area contributed by atoms with Crippen LogP contribution in [0.4, 0.5) is 11.6 Å². The summed E-state index contributed by atoms with van der Waals surface area (Å²) in [6, 6.07) is 7.93. The lowest BCUT2D eigenvalue weighted by molar-refractivity contribution is -0.114. The zero-order chi connectivity index (χ0) is 21.6. The molecule has 0 saturated heterocycles. The molecular weight excluding hydrogens is 394 g/mol. The number of aromatic nitrogens is 6. The van der Waals surface area contributed by atoms with Crippen LogP contribution in [0.15, 0.2) is 61.2 Å². The Morgan fingerprint density at radius 3 is 2.90 bits per heavy atom. The molecule has 9 nitrogen and oxygen atoms in total. The Morgan fingerprint density at radius 2 is 2.06 bits per heavy atom. The van der Waals surface area contributed by atoms with E-state index >= 15 is 0 Å². The average molecular weight is 417 g/mol. The second-order valence-electron chi connectivity index (χ2n) is 7.08. The summed E-state index contributed by atoms with van der Waals surface area (Å²) < 4.78 is 3.45. The summed E-state index contributed by atoms with van der Waals surface area (Å²) in [4.78, 5) is 20.8. The lowest BCUT2D eigenvalue weighted by Crippen LogP contribution is -2.05. The third kappa shape index (κ3) is 5.01. The van der Waals surface area contributed by atoms with E-state index in [0.717, 1.165) is 22.2 Å². The number of nitrogens with one attached hydrogen (secondary N) is 1. The fourth-order valence-electron chi connectivity index (χ4n) is 3.28. The molecule has 4 rings (SSSR count). The number of anilines is 2. The van der Waals surface area contributed by atoms with E-state index in [9.17, 15) is 4.79 Å². The van der Waals surface area contributed by atoms with Crippen molar-refractivity contribution in [3.8, 4) is 0 Å². The second-order valence-corrected chi connectivity index (χ2v) is 7.08. The van der Waals surface area contributed by atoms with Gasteiger partial charge in [0.25, 0.3) is 0 Å². The van der Waals surface area contributed by atoms with Crippen LogP contribution in [0.1, 0.15) is 18.1 Å². The number of rotatable bonds is 9. The molecule has 0 unspecified atom stereocenters. The first kappa shape index (κ1) is 20.4. The summed E-state index contributed by atoms with van der Waals surface area (Å²) in [5.41, 5.74) is 3.44. The van der Waals surface area contributed by atoms with Crippen molar-refractivity contribution in [3.05, 3.63) is 72.3 Å². The van der Waals surface area contributed by atoms with Gasteiger partial charge in [0.2, 0.25) is 5.95 Å². The number of benzene rings is 1. The minimum atomic E-state index is 0.0213. The van der Waals surface area contributed by atoms with Gasteiger partial charge in [-0.15, -0.1) is 0 Å². The normalized spacial score (nSPS) is 11.4. The van der Waals surface area contributed by atoms with Crippen molar-refractivity contribution in [3.63, 3.8) is 0 Å². The molecule has 1 aromatic carbocycles. The van der Waals surface area contributed by atoms with Crippen LogP contribution >= 0.6 is 0 Å². The summed E-state index contributed by atoms with van der Waals surface area (Å²) in [7, 11) is 0. The summed E-state index contributed by atoms with van der Waals surface area (Å²) in [5.74, 6) is 0.512. The van der Waals surface area contributed by atoms with Gasteiger partial charge >= 0.3 is 0 Å². The second kappa shape index (κ2) is 9.31. The van der Waals surface area contributed by atoms with Gasteiger partial charge in [0, 0.05) is 18.8 Å². The summed E-state index contributed by atoms with van der Waals surface area (Å²) >= 11 is 0. The molecule has 3 aromatic heterocycles. The van der Waals surface area contributed by atoms with Crippen molar-refractivity contribution < 1.29 is 9.90 Å². The highest BCUT2D eigenvalue weighted by molar-refractivity contribution is 5.91. The maximum atomic E-state index is 11.9. The van der Waals surface area contributed by atoms with Crippen molar-refractivity contribution in [2.75, 3.05) is 11.9 Å². The molecule has 0 aliphatic carbocycles.